The van der Waals surface area contributed by atoms with Gasteiger partial charge >= 0.3 is 12.1 Å². The quantitative estimate of drug-likeness (QED) is 0.580. The summed E-state index contributed by atoms with van der Waals surface area (Å²) in [6, 6.07) is 0. The van der Waals surface area contributed by atoms with Gasteiger partial charge in [-0.05, 0) is 13.0 Å². The highest BCUT2D eigenvalue weighted by Crippen LogP contribution is 2.41. The van der Waals surface area contributed by atoms with Gasteiger partial charge in [-0.15, -0.1) is 0 Å². The number of alkyl halides is 5. The molecule has 0 aliphatic rings. The van der Waals surface area contributed by atoms with Crippen molar-refractivity contribution < 1.29 is 31.8 Å². The van der Waals surface area contributed by atoms with E-state index < -0.39 is 24.5 Å². The third-order valence-corrected chi connectivity index (χ3v) is 1.24. The van der Waals surface area contributed by atoms with Crippen molar-refractivity contribution in [3.63, 3.8) is 0 Å². The standard InChI is InChI=1S/C7H9F5O2/c1-2-14-5(3-4-13)6(8,9)7(10,11)12/h3,13H,2,4H2,1H3. The minimum atomic E-state index is -5.72. The topological polar surface area (TPSA) is 29.5 Å². The maximum absolute atomic E-state index is 12.5. The molecular formula is C7H9F5O2. The van der Waals surface area contributed by atoms with E-state index in [1.54, 1.807) is 0 Å². The molecule has 0 aromatic rings. The Morgan fingerprint density at radius 3 is 2.07 bits per heavy atom. The van der Waals surface area contributed by atoms with Crippen LogP contribution in [-0.4, -0.2) is 30.4 Å². The third kappa shape index (κ3) is 2.83. The number of hydrogen-bond donors (Lipinski definition) is 1. The Balaban J connectivity index is 4.90. The van der Waals surface area contributed by atoms with Crippen molar-refractivity contribution in [1.82, 2.24) is 0 Å². The fourth-order valence-electron chi connectivity index (χ4n) is 0.656. The van der Waals surface area contributed by atoms with Gasteiger partial charge in [0.1, 0.15) is 0 Å². The Hall–Kier alpha value is -0.850. The van der Waals surface area contributed by atoms with Crippen LogP contribution in [0.25, 0.3) is 0 Å². The molecule has 0 saturated heterocycles. The van der Waals surface area contributed by atoms with E-state index in [0.717, 1.165) is 0 Å². The molecule has 0 atom stereocenters. The maximum atomic E-state index is 12.5. The Morgan fingerprint density at radius 1 is 1.29 bits per heavy atom. The summed E-state index contributed by atoms with van der Waals surface area (Å²) in [5.41, 5.74) is 0. The fourth-order valence-corrected chi connectivity index (χ4v) is 0.656. The predicted molar refractivity (Wildman–Crippen MR) is 37.8 cm³/mol. The zero-order chi connectivity index (χ0) is 11.4. The number of rotatable bonds is 4. The molecule has 0 heterocycles. The summed E-state index contributed by atoms with van der Waals surface area (Å²) in [5.74, 6) is -6.64. The molecule has 0 rings (SSSR count). The molecular weight excluding hydrogens is 211 g/mol. The molecule has 0 fully saturated rings. The summed E-state index contributed by atoms with van der Waals surface area (Å²) in [7, 11) is 0. The Bertz CT molecular complexity index is 209. The van der Waals surface area contributed by atoms with E-state index in [-0.39, 0.29) is 12.7 Å². The van der Waals surface area contributed by atoms with Crippen molar-refractivity contribution in [2.24, 2.45) is 0 Å². The molecule has 0 aliphatic heterocycles. The van der Waals surface area contributed by atoms with Gasteiger partial charge < -0.3 is 9.84 Å². The van der Waals surface area contributed by atoms with Crippen molar-refractivity contribution in [1.29, 1.82) is 0 Å². The number of aliphatic hydroxyl groups is 1. The SMILES string of the molecule is CCOC(=CCO)C(F)(F)C(F)(F)F. The minimum absolute atomic E-state index is 0.289. The highest BCUT2D eigenvalue weighted by molar-refractivity contribution is 5.09. The second-order valence-corrected chi connectivity index (χ2v) is 2.26. The van der Waals surface area contributed by atoms with Crippen LogP contribution in [0.3, 0.4) is 0 Å². The van der Waals surface area contributed by atoms with E-state index in [1.165, 1.54) is 6.92 Å². The lowest BCUT2D eigenvalue weighted by Gasteiger charge is -2.22. The summed E-state index contributed by atoms with van der Waals surface area (Å²) < 4.78 is 64.5. The van der Waals surface area contributed by atoms with Gasteiger partial charge in [0.15, 0.2) is 5.76 Å². The number of aliphatic hydroxyl groups excluding tert-OH is 1. The lowest BCUT2D eigenvalue weighted by atomic mass is 10.2. The molecule has 0 aromatic heterocycles. The van der Waals surface area contributed by atoms with Crippen LogP contribution in [0.1, 0.15) is 6.92 Å². The highest BCUT2D eigenvalue weighted by atomic mass is 19.4. The van der Waals surface area contributed by atoms with E-state index in [9.17, 15) is 22.0 Å². The lowest BCUT2D eigenvalue weighted by Crippen LogP contribution is -2.39. The molecule has 0 aliphatic carbocycles. The first-order chi connectivity index (χ1) is 6.27. The van der Waals surface area contributed by atoms with Crippen LogP contribution in [-0.2, 0) is 4.74 Å². The lowest BCUT2D eigenvalue weighted by molar-refractivity contribution is -0.276. The molecule has 0 saturated carbocycles. The van der Waals surface area contributed by atoms with Gasteiger partial charge in [-0.3, -0.25) is 0 Å². The van der Waals surface area contributed by atoms with Gasteiger partial charge in [-0.25, -0.2) is 0 Å². The molecule has 0 radical (unpaired) electrons. The molecule has 0 unspecified atom stereocenters. The average molecular weight is 220 g/mol. The first-order valence-electron chi connectivity index (χ1n) is 3.66. The second kappa shape index (κ2) is 4.59. The van der Waals surface area contributed by atoms with Gasteiger partial charge in [0.25, 0.3) is 0 Å². The zero-order valence-electron chi connectivity index (χ0n) is 7.24. The van der Waals surface area contributed by atoms with Crippen LogP contribution < -0.4 is 0 Å². The van der Waals surface area contributed by atoms with Crippen molar-refractivity contribution in [3.8, 4) is 0 Å². The Morgan fingerprint density at radius 2 is 1.79 bits per heavy atom. The minimum Gasteiger partial charge on any atom is -0.492 e. The Kier molecular flexibility index (Phi) is 4.31. The summed E-state index contributed by atoms with van der Waals surface area (Å²) in [5, 5.41) is 8.24. The van der Waals surface area contributed by atoms with Crippen molar-refractivity contribution in [2.75, 3.05) is 13.2 Å². The number of halogens is 5. The van der Waals surface area contributed by atoms with Crippen molar-refractivity contribution in [3.05, 3.63) is 11.8 Å². The Labute approximate surface area is 77.0 Å². The van der Waals surface area contributed by atoms with Gasteiger partial charge in [0, 0.05) is 0 Å². The second-order valence-electron chi connectivity index (χ2n) is 2.26. The molecule has 0 spiro atoms. The van der Waals surface area contributed by atoms with Crippen LogP contribution in [0, 0.1) is 0 Å². The third-order valence-electron chi connectivity index (χ3n) is 1.24. The van der Waals surface area contributed by atoms with Crippen molar-refractivity contribution >= 4 is 0 Å². The number of ether oxygens (including phenoxy) is 1. The van der Waals surface area contributed by atoms with Gasteiger partial charge in [-0.2, -0.15) is 22.0 Å². The molecule has 0 aromatic carbocycles. The van der Waals surface area contributed by atoms with Crippen LogP contribution in [0.2, 0.25) is 0 Å². The molecule has 7 heteroatoms. The van der Waals surface area contributed by atoms with Crippen LogP contribution in [0.5, 0.6) is 0 Å². The first-order valence-corrected chi connectivity index (χ1v) is 3.66. The molecule has 0 amide bonds. The predicted octanol–water partition coefficient (Wildman–Crippen LogP) is 2.10. The number of hydrogen-bond acceptors (Lipinski definition) is 2. The van der Waals surface area contributed by atoms with E-state index in [4.69, 9.17) is 5.11 Å². The molecule has 1 N–H and O–H groups in total. The largest absolute Gasteiger partial charge is 0.492 e. The molecule has 84 valence electrons. The summed E-state index contributed by atoms with van der Waals surface area (Å²) in [6.07, 6.45) is -5.43. The number of allylic oxidation sites excluding steroid dienone is 1. The van der Waals surface area contributed by atoms with Crippen LogP contribution in [0.15, 0.2) is 11.8 Å². The van der Waals surface area contributed by atoms with Gasteiger partial charge in [-0.1, -0.05) is 0 Å². The van der Waals surface area contributed by atoms with E-state index in [1.807, 2.05) is 0 Å². The van der Waals surface area contributed by atoms with Gasteiger partial charge in [0.2, 0.25) is 0 Å². The van der Waals surface area contributed by atoms with E-state index >= 15 is 0 Å². The van der Waals surface area contributed by atoms with Gasteiger partial charge in [0.05, 0.1) is 13.2 Å². The monoisotopic (exact) mass is 220 g/mol. The first kappa shape index (κ1) is 13.2. The maximum Gasteiger partial charge on any atom is 0.461 e. The van der Waals surface area contributed by atoms with Crippen molar-refractivity contribution in [2.45, 2.75) is 19.0 Å². The molecule has 14 heavy (non-hydrogen) atoms. The molecule has 2 nitrogen and oxygen atoms in total. The fraction of sp³-hybridized carbons (Fsp3) is 0.714. The van der Waals surface area contributed by atoms with E-state index in [0.29, 0.717) is 0 Å². The molecule has 0 bridgehead atoms. The normalized spacial score (nSPS) is 14.4. The summed E-state index contributed by atoms with van der Waals surface area (Å²) >= 11 is 0. The smallest absolute Gasteiger partial charge is 0.461 e. The average Bonchev–Trinajstić information content (AvgIpc) is 2.02. The van der Waals surface area contributed by atoms with Crippen LogP contribution in [0.4, 0.5) is 22.0 Å². The van der Waals surface area contributed by atoms with Crippen LogP contribution >= 0.6 is 0 Å². The highest BCUT2D eigenvalue weighted by Gasteiger charge is 2.61. The van der Waals surface area contributed by atoms with E-state index in [2.05, 4.69) is 4.74 Å². The zero-order valence-corrected chi connectivity index (χ0v) is 7.24. The summed E-state index contributed by atoms with van der Waals surface area (Å²) in [4.78, 5) is 0. The summed E-state index contributed by atoms with van der Waals surface area (Å²) in [6.45, 7) is -0.0177.